The van der Waals surface area contributed by atoms with Crippen molar-refractivity contribution >= 4 is 50.0 Å². The molecule has 0 aliphatic carbocycles. The normalized spacial score (nSPS) is 10.5. The maximum Gasteiger partial charge on any atom is 0.182 e. The molecule has 2 N–H and O–H groups in total. The second kappa shape index (κ2) is 7.17. The molecule has 0 saturated carbocycles. The van der Waals surface area contributed by atoms with Gasteiger partial charge in [-0.05, 0) is 48.3 Å². The average Bonchev–Trinajstić information content (AvgIpc) is 3.04. The van der Waals surface area contributed by atoms with E-state index < -0.39 is 0 Å². The van der Waals surface area contributed by atoms with Crippen molar-refractivity contribution < 1.29 is 0 Å². The highest BCUT2D eigenvalue weighted by atomic mass is 79.9. The zero-order valence-corrected chi connectivity index (χ0v) is 15.1. The van der Waals surface area contributed by atoms with Crippen LogP contribution in [0.4, 0.5) is 10.8 Å². The molecule has 0 saturated heterocycles. The molecule has 112 valence electrons. The molecular weight excluding hydrogens is 378 g/mol. The van der Waals surface area contributed by atoms with Crippen LogP contribution in [0.25, 0.3) is 11.3 Å². The van der Waals surface area contributed by atoms with Crippen LogP contribution in [0.1, 0.15) is 0 Å². The van der Waals surface area contributed by atoms with Crippen molar-refractivity contribution in [3.05, 3.63) is 58.4 Å². The zero-order chi connectivity index (χ0) is 15.4. The van der Waals surface area contributed by atoms with Crippen molar-refractivity contribution in [2.75, 3.05) is 17.1 Å². The Bertz CT molecular complexity index is 756. The lowest BCUT2D eigenvalue weighted by Gasteiger charge is -2.07. The third-order valence-corrected chi connectivity index (χ3v) is 5.21. The van der Waals surface area contributed by atoms with Gasteiger partial charge in [-0.25, -0.2) is 4.98 Å². The number of hydrogen-bond donors (Lipinski definition) is 2. The van der Waals surface area contributed by atoms with Crippen LogP contribution in [0.15, 0.2) is 63.3 Å². The van der Waals surface area contributed by atoms with E-state index in [9.17, 15) is 0 Å². The monoisotopic (exact) mass is 391 g/mol. The molecule has 0 unspecified atom stereocenters. The van der Waals surface area contributed by atoms with Gasteiger partial charge in [0.1, 0.15) is 0 Å². The number of hydrogen-bond acceptors (Lipinski definition) is 5. The van der Waals surface area contributed by atoms with Gasteiger partial charge in [0.25, 0.3) is 0 Å². The molecule has 0 radical (unpaired) electrons. The lowest BCUT2D eigenvalue weighted by Crippen LogP contribution is -1.88. The number of anilines is 2. The van der Waals surface area contributed by atoms with E-state index in [1.807, 2.05) is 25.2 Å². The van der Waals surface area contributed by atoms with E-state index in [-0.39, 0.29) is 0 Å². The summed E-state index contributed by atoms with van der Waals surface area (Å²) in [6.45, 7) is 0. The van der Waals surface area contributed by atoms with Crippen LogP contribution in [0.2, 0.25) is 0 Å². The largest absolute Gasteiger partial charge is 0.365 e. The number of nitrogens with zero attached hydrogens (tertiary/aromatic N) is 1. The lowest BCUT2D eigenvalue weighted by atomic mass is 10.1. The molecule has 6 heteroatoms. The SMILES string of the molecule is CNc1nc(-c2cccc(NSc3ccc(Br)cc3)c2)cs1. The van der Waals surface area contributed by atoms with E-state index in [2.05, 4.69) is 66.7 Å². The van der Waals surface area contributed by atoms with E-state index >= 15 is 0 Å². The van der Waals surface area contributed by atoms with Gasteiger partial charge in [-0.1, -0.05) is 28.1 Å². The molecular formula is C16H14BrN3S2. The third kappa shape index (κ3) is 3.82. The summed E-state index contributed by atoms with van der Waals surface area (Å²) in [6, 6.07) is 16.5. The van der Waals surface area contributed by atoms with Crippen LogP contribution < -0.4 is 10.0 Å². The number of thiazole rings is 1. The summed E-state index contributed by atoms with van der Waals surface area (Å²) in [5, 5.41) is 6.06. The first-order valence-electron chi connectivity index (χ1n) is 6.67. The average molecular weight is 392 g/mol. The molecule has 22 heavy (non-hydrogen) atoms. The molecule has 0 fully saturated rings. The second-order valence-corrected chi connectivity index (χ2v) is 7.18. The lowest BCUT2D eigenvalue weighted by molar-refractivity contribution is 1.36. The van der Waals surface area contributed by atoms with Gasteiger partial charge in [-0.15, -0.1) is 11.3 Å². The molecule has 0 aliphatic rings. The first kappa shape index (κ1) is 15.4. The summed E-state index contributed by atoms with van der Waals surface area (Å²) in [5.74, 6) is 0. The Hall–Kier alpha value is -1.50. The Morgan fingerprint density at radius 1 is 1.14 bits per heavy atom. The highest BCUT2D eigenvalue weighted by Gasteiger charge is 2.04. The van der Waals surface area contributed by atoms with Crippen molar-refractivity contribution in [3.8, 4) is 11.3 Å². The number of halogens is 1. The van der Waals surface area contributed by atoms with Gasteiger partial charge in [-0.3, -0.25) is 0 Å². The van der Waals surface area contributed by atoms with Crippen molar-refractivity contribution in [2.24, 2.45) is 0 Å². The standard InChI is InChI=1S/C16H14BrN3S2/c1-18-16-19-15(10-21-16)11-3-2-4-13(9-11)20-22-14-7-5-12(17)6-8-14/h2-10,20H,1H3,(H,18,19). The van der Waals surface area contributed by atoms with Crippen molar-refractivity contribution in [1.29, 1.82) is 0 Å². The predicted molar refractivity (Wildman–Crippen MR) is 101 cm³/mol. The molecule has 0 bridgehead atoms. The minimum atomic E-state index is 0.928. The van der Waals surface area contributed by atoms with Gasteiger partial charge >= 0.3 is 0 Å². The Morgan fingerprint density at radius 2 is 1.95 bits per heavy atom. The van der Waals surface area contributed by atoms with Crippen molar-refractivity contribution in [2.45, 2.75) is 4.90 Å². The second-order valence-electron chi connectivity index (χ2n) is 4.53. The summed E-state index contributed by atoms with van der Waals surface area (Å²) in [6.07, 6.45) is 0. The Kier molecular flexibility index (Phi) is 5.02. The number of aromatic nitrogens is 1. The van der Waals surface area contributed by atoms with Crippen molar-refractivity contribution in [3.63, 3.8) is 0 Å². The highest BCUT2D eigenvalue weighted by molar-refractivity contribution is 9.10. The van der Waals surface area contributed by atoms with Crippen LogP contribution in [0, 0.1) is 0 Å². The third-order valence-electron chi connectivity index (χ3n) is 2.98. The van der Waals surface area contributed by atoms with Gasteiger partial charge in [0.15, 0.2) is 5.13 Å². The molecule has 0 aliphatic heterocycles. The maximum absolute atomic E-state index is 4.54. The molecule has 0 amide bonds. The smallest absolute Gasteiger partial charge is 0.182 e. The summed E-state index contributed by atoms with van der Waals surface area (Å²) in [5.41, 5.74) is 3.16. The van der Waals surface area contributed by atoms with Crippen LogP contribution in [-0.4, -0.2) is 12.0 Å². The quantitative estimate of drug-likeness (QED) is 0.544. The molecule has 0 spiro atoms. The Labute approximate surface area is 146 Å². The van der Waals surface area contributed by atoms with Crippen LogP contribution in [-0.2, 0) is 0 Å². The van der Waals surface area contributed by atoms with Crippen LogP contribution in [0.5, 0.6) is 0 Å². The van der Waals surface area contributed by atoms with Crippen molar-refractivity contribution in [1.82, 2.24) is 4.98 Å². The van der Waals surface area contributed by atoms with Crippen LogP contribution >= 0.6 is 39.2 Å². The summed E-state index contributed by atoms with van der Waals surface area (Å²) in [4.78, 5) is 5.70. The van der Waals surface area contributed by atoms with Gasteiger partial charge in [0.05, 0.1) is 5.69 Å². The van der Waals surface area contributed by atoms with Crippen LogP contribution in [0.3, 0.4) is 0 Å². The Morgan fingerprint density at radius 3 is 2.68 bits per heavy atom. The number of benzene rings is 2. The molecule has 1 heterocycles. The molecule has 3 aromatic rings. The zero-order valence-electron chi connectivity index (χ0n) is 11.8. The molecule has 0 atom stereocenters. The van der Waals surface area contributed by atoms with Gasteiger partial charge in [0, 0.05) is 33.0 Å². The summed E-state index contributed by atoms with van der Waals surface area (Å²) < 4.78 is 4.46. The van der Waals surface area contributed by atoms with E-state index in [1.165, 1.54) is 4.90 Å². The highest BCUT2D eigenvalue weighted by Crippen LogP contribution is 2.28. The molecule has 1 aromatic heterocycles. The predicted octanol–water partition coefficient (Wildman–Crippen LogP) is 5.73. The first-order valence-corrected chi connectivity index (χ1v) is 9.15. The topological polar surface area (TPSA) is 37.0 Å². The molecule has 3 nitrogen and oxygen atoms in total. The first-order chi connectivity index (χ1) is 10.7. The molecule has 2 aromatic carbocycles. The van der Waals surface area contributed by atoms with E-state index in [4.69, 9.17) is 0 Å². The number of rotatable bonds is 5. The Balaban J connectivity index is 1.72. The fourth-order valence-electron chi connectivity index (χ4n) is 1.88. The fourth-order valence-corrected chi connectivity index (χ4v) is 3.46. The minimum absolute atomic E-state index is 0.928. The van der Waals surface area contributed by atoms with E-state index in [1.54, 1.807) is 23.3 Å². The summed E-state index contributed by atoms with van der Waals surface area (Å²) >= 11 is 6.65. The number of nitrogens with one attached hydrogen (secondary N) is 2. The van der Waals surface area contributed by atoms with Gasteiger partial charge in [0.2, 0.25) is 0 Å². The fraction of sp³-hybridized carbons (Fsp3) is 0.0625. The van der Waals surface area contributed by atoms with E-state index in [0.717, 1.165) is 26.5 Å². The minimum Gasteiger partial charge on any atom is -0.365 e. The van der Waals surface area contributed by atoms with Gasteiger partial charge in [-0.2, -0.15) is 0 Å². The van der Waals surface area contributed by atoms with Gasteiger partial charge < -0.3 is 10.0 Å². The summed E-state index contributed by atoms with van der Waals surface area (Å²) in [7, 11) is 1.88. The molecule has 3 rings (SSSR count). The van der Waals surface area contributed by atoms with E-state index in [0.29, 0.717) is 0 Å². The maximum atomic E-state index is 4.54.